The van der Waals surface area contributed by atoms with Crippen molar-refractivity contribution in [3.8, 4) is 0 Å². The molecule has 0 spiro atoms. The van der Waals surface area contributed by atoms with Crippen LogP contribution in [0.3, 0.4) is 0 Å². The number of nitrogens with one attached hydrogen (secondary N) is 1. The maximum absolute atomic E-state index is 9.61. The molecule has 1 aliphatic heterocycles. The predicted octanol–water partition coefficient (Wildman–Crippen LogP) is 0.784. The Balaban J connectivity index is 2.00. The predicted molar refractivity (Wildman–Crippen MR) is 61.5 cm³/mol. The molecule has 3 nitrogen and oxygen atoms in total. The molecule has 86 valence electrons. The number of hydrogen-bond donors (Lipinski definition) is 3. The quantitative estimate of drug-likeness (QED) is 0.603. The number of piperidine rings is 1. The molecule has 0 bridgehead atoms. The van der Waals surface area contributed by atoms with Crippen LogP contribution < -0.4 is 11.1 Å². The van der Waals surface area contributed by atoms with Crippen LogP contribution in [0.1, 0.15) is 32.1 Å². The van der Waals surface area contributed by atoms with Gasteiger partial charge in [0.25, 0.3) is 0 Å². The molecule has 15 heavy (non-hydrogen) atoms. The molecule has 3 unspecified atom stereocenters. The lowest BCUT2D eigenvalue weighted by Crippen LogP contribution is -2.44. The van der Waals surface area contributed by atoms with Crippen LogP contribution in [-0.2, 0) is 0 Å². The van der Waals surface area contributed by atoms with Crippen LogP contribution in [0.4, 0.5) is 0 Å². The van der Waals surface area contributed by atoms with Crippen molar-refractivity contribution < 1.29 is 5.11 Å². The first-order valence-electron chi connectivity index (χ1n) is 6.12. The van der Waals surface area contributed by atoms with Crippen molar-refractivity contribution in [2.24, 2.45) is 11.7 Å². The van der Waals surface area contributed by atoms with Crippen molar-refractivity contribution in [2.45, 2.75) is 44.2 Å². The standard InChI is InChI=1S/C12H22N2O/c13-8-10(15)7-12-11-4-2-1-3-9(11)5-6-14-12/h4,9-10,12,14-15H,1-3,5-8,13H2. The van der Waals surface area contributed by atoms with E-state index in [2.05, 4.69) is 11.4 Å². The van der Waals surface area contributed by atoms with Crippen LogP contribution in [0.15, 0.2) is 11.6 Å². The lowest BCUT2D eigenvalue weighted by Gasteiger charge is -2.37. The Kier molecular flexibility index (Phi) is 3.78. The number of hydrogen-bond acceptors (Lipinski definition) is 3. The van der Waals surface area contributed by atoms with Crippen molar-refractivity contribution in [1.29, 1.82) is 0 Å². The summed E-state index contributed by atoms with van der Waals surface area (Å²) in [6, 6.07) is 0.377. The highest BCUT2D eigenvalue weighted by Gasteiger charge is 2.29. The summed E-state index contributed by atoms with van der Waals surface area (Å²) in [5.41, 5.74) is 7.00. The lowest BCUT2D eigenvalue weighted by molar-refractivity contribution is 0.155. The fraction of sp³-hybridized carbons (Fsp3) is 0.833. The van der Waals surface area contributed by atoms with E-state index in [-0.39, 0.29) is 6.10 Å². The highest BCUT2D eigenvalue weighted by molar-refractivity contribution is 5.19. The van der Waals surface area contributed by atoms with Crippen LogP contribution in [0.25, 0.3) is 0 Å². The van der Waals surface area contributed by atoms with Gasteiger partial charge in [-0.15, -0.1) is 0 Å². The summed E-state index contributed by atoms with van der Waals surface area (Å²) in [5, 5.41) is 13.1. The van der Waals surface area contributed by atoms with Gasteiger partial charge in [0.05, 0.1) is 6.10 Å². The summed E-state index contributed by atoms with van der Waals surface area (Å²) < 4.78 is 0. The first kappa shape index (κ1) is 11.1. The average Bonchev–Trinajstić information content (AvgIpc) is 2.29. The van der Waals surface area contributed by atoms with Gasteiger partial charge in [-0.3, -0.25) is 0 Å². The van der Waals surface area contributed by atoms with Gasteiger partial charge in [-0.25, -0.2) is 0 Å². The SMILES string of the molecule is NCC(O)CC1NCCC2CCCC=C21. The number of nitrogens with two attached hydrogens (primary N) is 1. The highest BCUT2D eigenvalue weighted by atomic mass is 16.3. The van der Waals surface area contributed by atoms with Crippen LogP contribution in [-0.4, -0.2) is 30.3 Å². The zero-order valence-corrected chi connectivity index (χ0v) is 9.28. The third kappa shape index (κ3) is 2.60. The fourth-order valence-corrected chi connectivity index (χ4v) is 2.84. The normalized spacial score (nSPS) is 33.1. The van der Waals surface area contributed by atoms with Crippen LogP contribution in [0.5, 0.6) is 0 Å². The molecule has 0 radical (unpaired) electrons. The number of aliphatic hydroxyl groups excluding tert-OH is 1. The Labute approximate surface area is 91.7 Å². The van der Waals surface area contributed by atoms with Crippen LogP contribution in [0, 0.1) is 5.92 Å². The highest BCUT2D eigenvalue weighted by Crippen LogP contribution is 2.33. The molecular formula is C12H22N2O. The van der Waals surface area contributed by atoms with Gasteiger partial charge in [-0.1, -0.05) is 11.6 Å². The maximum atomic E-state index is 9.61. The summed E-state index contributed by atoms with van der Waals surface area (Å²) in [4.78, 5) is 0. The van der Waals surface area contributed by atoms with Crippen molar-refractivity contribution in [3.63, 3.8) is 0 Å². The minimum Gasteiger partial charge on any atom is -0.392 e. The molecule has 2 rings (SSSR count). The van der Waals surface area contributed by atoms with Crippen molar-refractivity contribution in [1.82, 2.24) is 5.32 Å². The fourth-order valence-electron chi connectivity index (χ4n) is 2.84. The summed E-state index contributed by atoms with van der Waals surface area (Å²) in [5.74, 6) is 0.773. The van der Waals surface area contributed by atoms with E-state index in [0.717, 1.165) is 18.9 Å². The number of rotatable bonds is 3. The summed E-state index contributed by atoms with van der Waals surface area (Å²) in [6.45, 7) is 1.46. The van der Waals surface area contributed by atoms with Crippen LogP contribution in [0.2, 0.25) is 0 Å². The van der Waals surface area contributed by atoms with Crippen LogP contribution >= 0.6 is 0 Å². The molecule has 0 amide bonds. The van der Waals surface area contributed by atoms with Crippen molar-refractivity contribution in [3.05, 3.63) is 11.6 Å². The Morgan fingerprint density at radius 3 is 3.20 bits per heavy atom. The topological polar surface area (TPSA) is 58.3 Å². The molecule has 1 fully saturated rings. The second-order valence-corrected chi connectivity index (χ2v) is 4.75. The van der Waals surface area contributed by atoms with E-state index < -0.39 is 0 Å². The molecular weight excluding hydrogens is 188 g/mol. The summed E-state index contributed by atoms with van der Waals surface area (Å²) in [6.07, 6.45) is 7.95. The molecule has 4 N–H and O–H groups in total. The Morgan fingerprint density at radius 1 is 1.53 bits per heavy atom. The molecule has 1 saturated heterocycles. The largest absolute Gasteiger partial charge is 0.392 e. The van der Waals surface area contributed by atoms with E-state index in [9.17, 15) is 5.11 Å². The second kappa shape index (κ2) is 5.10. The Bertz CT molecular complexity index is 240. The average molecular weight is 210 g/mol. The smallest absolute Gasteiger partial charge is 0.0680 e. The van der Waals surface area contributed by atoms with E-state index in [1.54, 1.807) is 5.57 Å². The summed E-state index contributed by atoms with van der Waals surface area (Å²) in [7, 11) is 0. The van der Waals surface area contributed by atoms with Gasteiger partial charge < -0.3 is 16.2 Å². The van der Waals surface area contributed by atoms with Crippen molar-refractivity contribution >= 4 is 0 Å². The van der Waals surface area contributed by atoms with E-state index in [0.29, 0.717) is 12.6 Å². The zero-order valence-electron chi connectivity index (χ0n) is 9.28. The minimum absolute atomic E-state index is 0.357. The van der Waals surface area contributed by atoms with E-state index in [4.69, 9.17) is 5.73 Å². The third-order valence-electron chi connectivity index (χ3n) is 3.67. The molecule has 2 aliphatic rings. The van der Waals surface area contributed by atoms with Gasteiger partial charge in [-0.2, -0.15) is 0 Å². The molecule has 0 aromatic carbocycles. The first-order chi connectivity index (χ1) is 7.31. The molecule has 1 aliphatic carbocycles. The van der Waals surface area contributed by atoms with E-state index >= 15 is 0 Å². The van der Waals surface area contributed by atoms with Gasteiger partial charge in [0.15, 0.2) is 0 Å². The molecule has 0 saturated carbocycles. The zero-order chi connectivity index (χ0) is 10.7. The molecule has 1 heterocycles. The van der Waals surface area contributed by atoms with Gasteiger partial charge in [0.1, 0.15) is 0 Å². The minimum atomic E-state index is -0.357. The summed E-state index contributed by atoms with van der Waals surface area (Å²) >= 11 is 0. The van der Waals surface area contributed by atoms with Gasteiger partial charge in [0.2, 0.25) is 0 Å². The monoisotopic (exact) mass is 210 g/mol. The number of allylic oxidation sites excluding steroid dienone is 1. The van der Waals surface area contributed by atoms with E-state index in [1.165, 1.54) is 25.7 Å². The third-order valence-corrected chi connectivity index (χ3v) is 3.67. The number of fused-ring (bicyclic) bond motifs is 1. The first-order valence-corrected chi connectivity index (χ1v) is 6.12. The van der Waals surface area contributed by atoms with Gasteiger partial charge >= 0.3 is 0 Å². The molecule has 3 heteroatoms. The van der Waals surface area contributed by atoms with E-state index in [1.807, 2.05) is 0 Å². The Morgan fingerprint density at radius 2 is 2.40 bits per heavy atom. The van der Waals surface area contributed by atoms with Crippen molar-refractivity contribution in [2.75, 3.05) is 13.1 Å². The molecule has 0 aromatic heterocycles. The molecule has 0 aromatic rings. The maximum Gasteiger partial charge on any atom is 0.0680 e. The lowest BCUT2D eigenvalue weighted by atomic mass is 9.78. The second-order valence-electron chi connectivity index (χ2n) is 4.75. The molecule has 3 atom stereocenters. The number of aliphatic hydroxyl groups is 1. The van der Waals surface area contributed by atoms with Gasteiger partial charge in [0, 0.05) is 12.6 Å². The Hall–Kier alpha value is -0.380. The van der Waals surface area contributed by atoms with Gasteiger partial charge in [-0.05, 0) is 44.6 Å².